The Balaban J connectivity index is 2.34. The van der Waals surface area contributed by atoms with Crippen molar-refractivity contribution in [3.05, 3.63) is 22.3 Å². The van der Waals surface area contributed by atoms with Gasteiger partial charge >= 0.3 is 0 Å². The van der Waals surface area contributed by atoms with Crippen LogP contribution in [0.25, 0.3) is 0 Å². The van der Waals surface area contributed by atoms with Gasteiger partial charge in [-0.3, -0.25) is 0 Å². The number of aryl methyl sites for hydroxylation is 1. The number of nitriles is 1. The number of nitrogens with zero attached hydrogens (tertiary/aromatic N) is 3. The van der Waals surface area contributed by atoms with E-state index in [1.165, 1.54) is 0 Å². The number of halogens is 1. The zero-order valence-corrected chi connectivity index (χ0v) is 9.88. The molecule has 4 nitrogen and oxygen atoms in total. The maximum Gasteiger partial charge on any atom is 0.147 e. The fourth-order valence-corrected chi connectivity index (χ4v) is 2.05. The lowest BCUT2D eigenvalue weighted by Crippen LogP contribution is -2.44. The lowest BCUT2D eigenvalue weighted by Gasteiger charge is -2.29. The van der Waals surface area contributed by atoms with E-state index in [1.54, 1.807) is 6.07 Å². The molecule has 1 aromatic rings. The van der Waals surface area contributed by atoms with Crippen molar-refractivity contribution >= 4 is 17.4 Å². The Morgan fingerprint density at radius 2 is 2.19 bits per heavy atom. The van der Waals surface area contributed by atoms with Crippen molar-refractivity contribution < 1.29 is 0 Å². The van der Waals surface area contributed by atoms with Crippen LogP contribution < -0.4 is 10.2 Å². The Morgan fingerprint density at radius 3 is 2.81 bits per heavy atom. The summed E-state index contributed by atoms with van der Waals surface area (Å²) in [4.78, 5) is 6.56. The lowest BCUT2D eigenvalue weighted by molar-refractivity contribution is 0.584. The predicted octanol–water partition coefficient (Wildman–Crippen LogP) is 1.32. The molecule has 0 amide bonds. The third-order valence-corrected chi connectivity index (χ3v) is 2.96. The second-order valence-electron chi connectivity index (χ2n) is 3.78. The van der Waals surface area contributed by atoms with Crippen molar-refractivity contribution in [1.82, 2.24) is 10.3 Å². The van der Waals surface area contributed by atoms with Gasteiger partial charge in [0.1, 0.15) is 11.9 Å². The fourth-order valence-electron chi connectivity index (χ4n) is 1.78. The molecule has 0 radical (unpaired) electrons. The molecule has 1 aliphatic heterocycles. The van der Waals surface area contributed by atoms with Crippen LogP contribution in [-0.2, 0) is 0 Å². The van der Waals surface area contributed by atoms with Gasteiger partial charge in [-0.15, -0.1) is 0 Å². The molecule has 16 heavy (non-hydrogen) atoms. The lowest BCUT2D eigenvalue weighted by atomic mass is 10.2. The van der Waals surface area contributed by atoms with Gasteiger partial charge in [0.05, 0.1) is 16.3 Å². The summed E-state index contributed by atoms with van der Waals surface area (Å²) in [6.45, 7) is 5.52. The van der Waals surface area contributed by atoms with Crippen molar-refractivity contribution in [2.45, 2.75) is 6.92 Å². The van der Waals surface area contributed by atoms with Crippen molar-refractivity contribution in [3.8, 4) is 6.07 Å². The third kappa shape index (κ3) is 2.11. The topological polar surface area (TPSA) is 52.0 Å². The molecule has 1 N–H and O–H groups in total. The number of nitrogens with one attached hydrogen (secondary N) is 1. The zero-order valence-electron chi connectivity index (χ0n) is 9.13. The van der Waals surface area contributed by atoms with Gasteiger partial charge in [-0.25, -0.2) is 4.98 Å². The van der Waals surface area contributed by atoms with Crippen LogP contribution in [0.1, 0.15) is 11.3 Å². The molecule has 0 bridgehead atoms. The first-order valence-corrected chi connectivity index (χ1v) is 5.63. The van der Waals surface area contributed by atoms with Crippen LogP contribution in [0.3, 0.4) is 0 Å². The molecule has 2 heterocycles. The molecule has 84 valence electrons. The molecule has 1 saturated heterocycles. The summed E-state index contributed by atoms with van der Waals surface area (Å²) in [6.07, 6.45) is 0. The summed E-state index contributed by atoms with van der Waals surface area (Å²) < 4.78 is 0. The Hall–Kier alpha value is -1.31. The number of rotatable bonds is 1. The van der Waals surface area contributed by atoms with Crippen LogP contribution in [-0.4, -0.2) is 31.2 Å². The maximum absolute atomic E-state index is 8.87. The summed E-state index contributed by atoms with van der Waals surface area (Å²) in [5.74, 6) is 0.791. The molecule has 0 aliphatic carbocycles. The Morgan fingerprint density at radius 1 is 1.50 bits per heavy atom. The average Bonchev–Trinajstić information content (AvgIpc) is 2.32. The van der Waals surface area contributed by atoms with E-state index in [0.717, 1.165) is 37.7 Å². The second-order valence-corrected chi connectivity index (χ2v) is 4.18. The second kappa shape index (κ2) is 4.69. The highest BCUT2D eigenvalue weighted by molar-refractivity contribution is 6.33. The maximum atomic E-state index is 8.87. The fraction of sp³-hybridized carbons (Fsp3) is 0.455. The first-order chi connectivity index (χ1) is 7.72. The smallest absolute Gasteiger partial charge is 0.147 e. The average molecular weight is 237 g/mol. The van der Waals surface area contributed by atoms with Crippen LogP contribution >= 0.6 is 11.6 Å². The van der Waals surface area contributed by atoms with Gasteiger partial charge < -0.3 is 10.2 Å². The first-order valence-electron chi connectivity index (χ1n) is 5.25. The van der Waals surface area contributed by atoms with Gasteiger partial charge in [0.25, 0.3) is 0 Å². The Bertz CT molecular complexity index is 432. The van der Waals surface area contributed by atoms with Crippen LogP contribution in [0.2, 0.25) is 5.02 Å². The molecule has 1 aliphatic rings. The van der Waals surface area contributed by atoms with Crippen LogP contribution in [0.4, 0.5) is 5.82 Å². The highest BCUT2D eigenvalue weighted by atomic mass is 35.5. The minimum atomic E-state index is 0.545. The van der Waals surface area contributed by atoms with E-state index in [9.17, 15) is 0 Å². The van der Waals surface area contributed by atoms with Crippen molar-refractivity contribution in [2.24, 2.45) is 0 Å². The van der Waals surface area contributed by atoms with Gasteiger partial charge in [0.15, 0.2) is 0 Å². The van der Waals surface area contributed by atoms with Gasteiger partial charge in [0.2, 0.25) is 0 Å². The molecule has 0 atom stereocenters. The molecule has 1 fully saturated rings. The summed E-state index contributed by atoms with van der Waals surface area (Å²) >= 11 is 6.14. The molecular weight excluding hydrogens is 224 g/mol. The molecule has 0 aromatic carbocycles. The van der Waals surface area contributed by atoms with Gasteiger partial charge in [0, 0.05) is 26.2 Å². The van der Waals surface area contributed by atoms with Crippen molar-refractivity contribution in [1.29, 1.82) is 5.26 Å². The highest BCUT2D eigenvalue weighted by Gasteiger charge is 2.16. The molecule has 0 saturated carbocycles. The summed E-state index contributed by atoms with van der Waals surface area (Å²) in [5.41, 5.74) is 1.28. The van der Waals surface area contributed by atoms with Crippen molar-refractivity contribution in [2.75, 3.05) is 31.1 Å². The zero-order chi connectivity index (χ0) is 11.5. The largest absolute Gasteiger partial charge is 0.353 e. The summed E-state index contributed by atoms with van der Waals surface area (Å²) in [6, 6.07) is 3.78. The highest BCUT2D eigenvalue weighted by Crippen LogP contribution is 2.25. The number of anilines is 1. The third-order valence-electron chi connectivity index (χ3n) is 2.69. The van der Waals surface area contributed by atoms with E-state index in [0.29, 0.717) is 10.6 Å². The number of aromatic nitrogens is 1. The quantitative estimate of drug-likeness (QED) is 0.799. The molecule has 2 rings (SSSR count). The monoisotopic (exact) mass is 236 g/mol. The van der Waals surface area contributed by atoms with Gasteiger partial charge in [-0.1, -0.05) is 11.6 Å². The van der Waals surface area contributed by atoms with E-state index < -0.39 is 0 Å². The molecular formula is C11H13ClN4. The Labute approximate surface area is 99.8 Å². The summed E-state index contributed by atoms with van der Waals surface area (Å²) in [5, 5.41) is 12.7. The van der Waals surface area contributed by atoms with Crippen molar-refractivity contribution in [3.63, 3.8) is 0 Å². The van der Waals surface area contributed by atoms with E-state index in [1.807, 2.05) is 6.92 Å². The number of piperazine rings is 1. The van der Waals surface area contributed by atoms with Crippen LogP contribution in [0.5, 0.6) is 0 Å². The van der Waals surface area contributed by atoms with E-state index in [4.69, 9.17) is 16.9 Å². The van der Waals surface area contributed by atoms with E-state index in [2.05, 4.69) is 21.3 Å². The van der Waals surface area contributed by atoms with E-state index >= 15 is 0 Å². The standard InChI is InChI=1S/C11H13ClN4/c1-8-9(7-13)6-10(12)11(15-8)16-4-2-14-3-5-16/h6,14H,2-5H2,1H3. The predicted molar refractivity (Wildman–Crippen MR) is 63.8 cm³/mol. The SMILES string of the molecule is Cc1nc(N2CCNCC2)c(Cl)cc1C#N. The molecule has 0 spiro atoms. The normalized spacial score (nSPS) is 15.9. The minimum absolute atomic E-state index is 0.545. The van der Waals surface area contributed by atoms with Crippen LogP contribution in [0, 0.1) is 18.3 Å². The van der Waals surface area contributed by atoms with Crippen LogP contribution in [0.15, 0.2) is 6.07 Å². The first kappa shape index (κ1) is 11.2. The minimum Gasteiger partial charge on any atom is -0.353 e. The molecule has 5 heteroatoms. The number of hydrogen-bond donors (Lipinski definition) is 1. The molecule has 0 unspecified atom stereocenters. The van der Waals surface area contributed by atoms with E-state index in [-0.39, 0.29) is 0 Å². The molecule has 1 aromatic heterocycles. The summed E-state index contributed by atoms with van der Waals surface area (Å²) in [7, 11) is 0. The number of pyridine rings is 1. The Kier molecular flexibility index (Phi) is 3.28. The van der Waals surface area contributed by atoms with Gasteiger partial charge in [-0.2, -0.15) is 5.26 Å². The number of hydrogen-bond acceptors (Lipinski definition) is 4. The van der Waals surface area contributed by atoms with Gasteiger partial charge in [-0.05, 0) is 13.0 Å².